The second kappa shape index (κ2) is 7.79. The Labute approximate surface area is 139 Å². The molecule has 120 valence electrons. The number of hydrogen-bond donors (Lipinski definition) is 0. The minimum Gasteiger partial charge on any atom is -0.493 e. The van der Waals surface area contributed by atoms with Crippen LogP contribution < -0.4 is 9.47 Å². The Morgan fingerprint density at radius 3 is 2.57 bits per heavy atom. The monoisotopic (exact) mass is 334 g/mol. The third kappa shape index (κ3) is 4.33. The summed E-state index contributed by atoms with van der Waals surface area (Å²) < 4.78 is 23.5. The average molecular weight is 335 g/mol. The summed E-state index contributed by atoms with van der Waals surface area (Å²) in [7, 11) is 1.52. The Morgan fingerprint density at radius 1 is 1.26 bits per heavy atom. The van der Waals surface area contributed by atoms with Gasteiger partial charge in [0.25, 0.3) is 0 Å². The van der Waals surface area contributed by atoms with Gasteiger partial charge < -0.3 is 9.47 Å². The number of hydrogen-bond acceptors (Lipinski definition) is 3. The molecule has 0 saturated heterocycles. The van der Waals surface area contributed by atoms with Crippen LogP contribution >= 0.6 is 11.6 Å². The lowest BCUT2D eigenvalue weighted by atomic mass is 10.1. The minimum absolute atomic E-state index is 0.228. The van der Waals surface area contributed by atoms with Gasteiger partial charge in [-0.2, -0.15) is 0 Å². The zero-order valence-corrected chi connectivity index (χ0v) is 13.6. The van der Waals surface area contributed by atoms with E-state index in [2.05, 4.69) is 0 Å². The number of benzene rings is 2. The number of methoxy groups -OCH3 is 1. The molecule has 0 heterocycles. The molecule has 0 atom stereocenters. The zero-order chi connectivity index (χ0) is 16.8. The van der Waals surface area contributed by atoms with Crippen molar-refractivity contribution in [2.24, 2.45) is 0 Å². The van der Waals surface area contributed by atoms with Crippen molar-refractivity contribution in [2.75, 3.05) is 13.7 Å². The summed E-state index contributed by atoms with van der Waals surface area (Å²) in [6, 6.07) is 8.78. The normalized spacial score (nSPS) is 10.8. The van der Waals surface area contributed by atoms with Crippen LogP contribution in [0.4, 0.5) is 4.39 Å². The number of ketones is 1. The first-order valence-corrected chi connectivity index (χ1v) is 7.41. The lowest BCUT2D eigenvalue weighted by Crippen LogP contribution is -1.97. The van der Waals surface area contributed by atoms with E-state index in [1.54, 1.807) is 18.2 Å². The third-order valence-corrected chi connectivity index (χ3v) is 3.38. The molecule has 0 unspecified atom stereocenters. The van der Waals surface area contributed by atoms with Crippen LogP contribution in [0.25, 0.3) is 6.08 Å². The predicted molar refractivity (Wildman–Crippen MR) is 88.9 cm³/mol. The highest BCUT2D eigenvalue weighted by Crippen LogP contribution is 2.36. The highest BCUT2D eigenvalue weighted by atomic mass is 35.5. The van der Waals surface area contributed by atoms with Gasteiger partial charge in [-0.3, -0.25) is 4.79 Å². The fraction of sp³-hybridized carbons (Fsp3) is 0.167. The molecule has 0 saturated carbocycles. The highest BCUT2D eigenvalue weighted by molar-refractivity contribution is 6.32. The molecule has 0 spiro atoms. The first kappa shape index (κ1) is 17.0. The van der Waals surface area contributed by atoms with Crippen LogP contribution in [0.5, 0.6) is 11.5 Å². The van der Waals surface area contributed by atoms with Crippen LogP contribution in [-0.4, -0.2) is 19.5 Å². The molecule has 0 aliphatic carbocycles. The molecule has 0 amide bonds. The Morgan fingerprint density at radius 2 is 1.96 bits per heavy atom. The fourth-order valence-electron chi connectivity index (χ4n) is 2.00. The Hall–Kier alpha value is -2.33. The molecule has 2 aromatic carbocycles. The SMILES string of the molecule is CCOc1c(Cl)cc(/C=C/C(=O)c2ccc(F)cc2)cc1OC. The maximum atomic E-state index is 12.9. The summed E-state index contributed by atoms with van der Waals surface area (Å²) in [5.74, 6) is 0.356. The quantitative estimate of drug-likeness (QED) is 0.563. The van der Waals surface area contributed by atoms with Gasteiger partial charge in [0.2, 0.25) is 0 Å². The van der Waals surface area contributed by atoms with E-state index in [-0.39, 0.29) is 11.6 Å². The molecule has 0 N–H and O–H groups in total. The van der Waals surface area contributed by atoms with Gasteiger partial charge in [0, 0.05) is 5.56 Å². The van der Waals surface area contributed by atoms with Crippen molar-refractivity contribution in [1.29, 1.82) is 0 Å². The average Bonchev–Trinajstić information content (AvgIpc) is 2.55. The van der Waals surface area contributed by atoms with Crippen LogP contribution in [0.15, 0.2) is 42.5 Å². The third-order valence-electron chi connectivity index (χ3n) is 3.10. The van der Waals surface area contributed by atoms with E-state index in [9.17, 15) is 9.18 Å². The molecule has 3 nitrogen and oxygen atoms in total. The van der Waals surface area contributed by atoms with Crippen LogP contribution in [0.2, 0.25) is 5.02 Å². The topological polar surface area (TPSA) is 35.5 Å². The number of ether oxygens (including phenoxy) is 2. The molecule has 0 bridgehead atoms. The van der Waals surface area contributed by atoms with Crippen molar-refractivity contribution in [3.05, 3.63) is 64.4 Å². The van der Waals surface area contributed by atoms with Crippen LogP contribution in [0.1, 0.15) is 22.8 Å². The summed E-state index contributed by atoms with van der Waals surface area (Å²) in [5.41, 5.74) is 1.11. The first-order chi connectivity index (χ1) is 11.0. The second-order valence-corrected chi connectivity index (χ2v) is 5.08. The van der Waals surface area contributed by atoms with Gasteiger partial charge in [-0.1, -0.05) is 17.7 Å². The summed E-state index contributed by atoms with van der Waals surface area (Å²) in [6.07, 6.45) is 3.02. The van der Waals surface area contributed by atoms with Gasteiger partial charge in [-0.05, 0) is 55.0 Å². The fourth-order valence-corrected chi connectivity index (χ4v) is 2.28. The molecule has 0 aromatic heterocycles. The van der Waals surface area contributed by atoms with Gasteiger partial charge in [-0.25, -0.2) is 4.39 Å². The lowest BCUT2D eigenvalue weighted by molar-refractivity contribution is 0.104. The van der Waals surface area contributed by atoms with E-state index >= 15 is 0 Å². The molecule has 0 fully saturated rings. The maximum absolute atomic E-state index is 12.9. The van der Waals surface area contributed by atoms with Gasteiger partial charge >= 0.3 is 0 Å². The Kier molecular flexibility index (Phi) is 5.77. The van der Waals surface area contributed by atoms with Crippen molar-refractivity contribution >= 4 is 23.5 Å². The van der Waals surface area contributed by atoms with Gasteiger partial charge in [0.05, 0.1) is 18.7 Å². The van der Waals surface area contributed by atoms with E-state index in [1.807, 2.05) is 6.92 Å². The maximum Gasteiger partial charge on any atom is 0.185 e. The standard InChI is InChI=1S/C18H16ClFO3/c1-3-23-18-15(19)10-12(11-17(18)22-2)4-9-16(21)13-5-7-14(20)8-6-13/h4-11H,3H2,1-2H3/b9-4+. The summed E-state index contributed by atoms with van der Waals surface area (Å²) in [5, 5.41) is 0.403. The second-order valence-electron chi connectivity index (χ2n) is 4.67. The van der Waals surface area contributed by atoms with E-state index in [0.717, 1.165) is 0 Å². The number of allylic oxidation sites excluding steroid dienone is 1. The van der Waals surface area contributed by atoms with Crippen molar-refractivity contribution in [3.63, 3.8) is 0 Å². The van der Waals surface area contributed by atoms with Gasteiger partial charge in [0.15, 0.2) is 17.3 Å². The van der Waals surface area contributed by atoms with E-state index in [4.69, 9.17) is 21.1 Å². The van der Waals surface area contributed by atoms with Crippen molar-refractivity contribution in [1.82, 2.24) is 0 Å². The molecule has 5 heteroatoms. The van der Waals surface area contributed by atoms with Crippen LogP contribution in [0.3, 0.4) is 0 Å². The zero-order valence-electron chi connectivity index (χ0n) is 12.8. The predicted octanol–water partition coefficient (Wildman–Crippen LogP) is 4.78. The van der Waals surface area contributed by atoms with Gasteiger partial charge in [0.1, 0.15) is 5.82 Å². The Balaban J connectivity index is 2.23. The summed E-state index contributed by atoms with van der Waals surface area (Å²) >= 11 is 6.18. The minimum atomic E-state index is -0.381. The number of rotatable bonds is 6. The Bertz CT molecular complexity index is 724. The van der Waals surface area contributed by atoms with Crippen molar-refractivity contribution in [3.8, 4) is 11.5 Å². The summed E-state index contributed by atoms with van der Waals surface area (Å²) in [4.78, 5) is 12.0. The molecule has 0 aliphatic heterocycles. The molecular formula is C18H16ClFO3. The molecule has 23 heavy (non-hydrogen) atoms. The smallest absolute Gasteiger partial charge is 0.185 e. The summed E-state index contributed by atoms with van der Waals surface area (Å²) in [6.45, 7) is 2.32. The molecule has 2 aromatic rings. The largest absolute Gasteiger partial charge is 0.493 e. The lowest BCUT2D eigenvalue weighted by Gasteiger charge is -2.11. The number of carbonyl (C=O) groups excluding carboxylic acids is 1. The van der Waals surface area contributed by atoms with E-state index in [1.165, 1.54) is 37.5 Å². The molecular weight excluding hydrogens is 319 g/mol. The molecule has 2 rings (SSSR count). The molecule has 0 radical (unpaired) electrons. The van der Waals surface area contributed by atoms with Crippen LogP contribution in [0, 0.1) is 5.82 Å². The molecule has 0 aliphatic rings. The van der Waals surface area contributed by atoms with Crippen molar-refractivity contribution in [2.45, 2.75) is 6.92 Å². The van der Waals surface area contributed by atoms with Crippen LogP contribution in [-0.2, 0) is 0 Å². The first-order valence-electron chi connectivity index (χ1n) is 7.03. The number of carbonyl (C=O) groups is 1. The number of halogens is 2. The highest BCUT2D eigenvalue weighted by Gasteiger charge is 2.11. The van der Waals surface area contributed by atoms with E-state index in [0.29, 0.717) is 34.3 Å². The van der Waals surface area contributed by atoms with E-state index < -0.39 is 0 Å². The van der Waals surface area contributed by atoms with Crippen molar-refractivity contribution < 1.29 is 18.7 Å². The van der Waals surface area contributed by atoms with Gasteiger partial charge in [-0.15, -0.1) is 0 Å².